The molecule has 2 nitrogen and oxygen atoms in total. The maximum Gasteiger partial charge on any atom is 0.0964 e. The summed E-state index contributed by atoms with van der Waals surface area (Å²) in [6.07, 6.45) is 7.53. The second-order valence-electron chi connectivity index (χ2n) is 6.66. The van der Waals surface area contributed by atoms with Gasteiger partial charge in [-0.1, -0.05) is 49.6 Å². The van der Waals surface area contributed by atoms with Gasteiger partial charge in [0.15, 0.2) is 0 Å². The lowest BCUT2D eigenvalue weighted by molar-refractivity contribution is 0.414. The Balaban J connectivity index is 2.03. The smallest absolute Gasteiger partial charge is 0.0964 e. The predicted molar refractivity (Wildman–Crippen MR) is 92.0 cm³/mol. The summed E-state index contributed by atoms with van der Waals surface area (Å²) in [5, 5.41) is 9.02. The third-order valence-electron chi connectivity index (χ3n) is 5.13. The molecule has 0 fully saturated rings. The summed E-state index contributed by atoms with van der Waals surface area (Å²) in [6.45, 7) is 6.57. The highest BCUT2D eigenvalue weighted by Gasteiger charge is 2.19. The Hall–Kier alpha value is -1.70. The van der Waals surface area contributed by atoms with E-state index in [1.54, 1.807) is 0 Å². The van der Waals surface area contributed by atoms with Gasteiger partial charge in [-0.3, -0.25) is 0 Å². The van der Waals surface area contributed by atoms with Crippen molar-refractivity contribution in [1.29, 1.82) is 0 Å². The van der Waals surface area contributed by atoms with Crippen molar-refractivity contribution in [2.75, 3.05) is 0 Å². The number of nitrogens with zero attached hydrogens (tertiary/aromatic N) is 2. The number of hydrogen-bond donors (Lipinski definition) is 0. The second kappa shape index (κ2) is 6.60. The fraction of sp³-hybridized carbons (Fsp3) is 0.500. The van der Waals surface area contributed by atoms with Crippen LogP contribution in [-0.4, -0.2) is 10.2 Å². The van der Waals surface area contributed by atoms with Gasteiger partial charge in [0.2, 0.25) is 0 Å². The highest BCUT2D eigenvalue weighted by molar-refractivity contribution is 5.65. The molecule has 2 heteroatoms. The van der Waals surface area contributed by atoms with Gasteiger partial charge in [-0.15, -0.1) is 5.10 Å². The largest absolute Gasteiger partial charge is 0.155 e. The molecule has 2 aromatic rings. The van der Waals surface area contributed by atoms with Crippen LogP contribution in [0.1, 0.15) is 55.0 Å². The van der Waals surface area contributed by atoms with Crippen molar-refractivity contribution in [2.24, 2.45) is 5.92 Å². The highest BCUT2D eigenvalue weighted by atomic mass is 15.1. The zero-order valence-electron chi connectivity index (χ0n) is 14.0. The average Bonchev–Trinajstić information content (AvgIpc) is 2.50. The van der Waals surface area contributed by atoms with Crippen molar-refractivity contribution in [3.63, 3.8) is 0 Å². The quantitative estimate of drug-likeness (QED) is 0.774. The topological polar surface area (TPSA) is 25.8 Å². The van der Waals surface area contributed by atoms with Gasteiger partial charge in [-0.2, -0.15) is 5.10 Å². The molecule has 0 spiro atoms. The van der Waals surface area contributed by atoms with Crippen molar-refractivity contribution in [3.05, 3.63) is 46.6 Å². The van der Waals surface area contributed by atoms with E-state index < -0.39 is 0 Å². The molecule has 0 aliphatic heterocycles. The van der Waals surface area contributed by atoms with Crippen molar-refractivity contribution in [3.8, 4) is 11.3 Å². The van der Waals surface area contributed by atoms with Gasteiger partial charge in [-0.25, -0.2) is 0 Å². The summed E-state index contributed by atoms with van der Waals surface area (Å²) in [5.74, 6) is 0.878. The molecule has 116 valence electrons. The molecule has 0 saturated carbocycles. The van der Waals surface area contributed by atoms with Crippen molar-refractivity contribution in [1.82, 2.24) is 10.2 Å². The summed E-state index contributed by atoms with van der Waals surface area (Å²) in [5.41, 5.74) is 7.65. The maximum absolute atomic E-state index is 4.55. The Bertz CT molecular complexity index is 644. The lowest BCUT2D eigenvalue weighted by Crippen LogP contribution is -2.12. The minimum Gasteiger partial charge on any atom is -0.155 e. The van der Waals surface area contributed by atoms with E-state index in [4.69, 9.17) is 0 Å². The molecule has 1 aliphatic carbocycles. The molecule has 0 bridgehead atoms. The molecule has 0 amide bonds. The number of fused-ring (bicyclic) bond motifs is 1. The van der Waals surface area contributed by atoms with Gasteiger partial charge in [0.05, 0.1) is 11.4 Å². The van der Waals surface area contributed by atoms with Crippen LogP contribution in [0.4, 0.5) is 0 Å². The zero-order chi connectivity index (χ0) is 15.5. The van der Waals surface area contributed by atoms with Crippen molar-refractivity contribution < 1.29 is 0 Å². The van der Waals surface area contributed by atoms with E-state index in [1.165, 1.54) is 47.9 Å². The lowest BCUT2D eigenvalue weighted by Gasteiger charge is -2.22. The van der Waals surface area contributed by atoms with Gasteiger partial charge in [0.1, 0.15) is 0 Å². The number of aromatic nitrogens is 2. The van der Waals surface area contributed by atoms with Crippen LogP contribution in [0.25, 0.3) is 11.3 Å². The zero-order valence-corrected chi connectivity index (χ0v) is 14.0. The SMILES string of the molecule is CCC1CCCc2c(-c3ccc(C)cc3)nnc(C)c2CC1. The van der Waals surface area contributed by atoms with E-state index in [0.717, 1.165) is 30.1 Å². The minimum atomic E-state index is 0.878. The summed E-state index contributed by atoms with van der Waals surface area (Å²) < 4.78 is 0. The Morgan fingerprint density at radius 2 is 1.73 bits per heavy atom. The average molecular weight is 294 g/mol. The van der Waals surface area contributed by atoms with Gasteiger partial charge < -0.3 is 0 Å². The summed E-state index contributed by atoms with van der Waals surface area (Å²) in [6, 6.07) is 8.70. The number of benzene rings is 1. The van der Waals surface area contributed by atoms with Crippen LogP contribution in [0.15, 0.2) is 24.3 Å². The standard InChI is InChI=1S/C20H26N2/c1-4-16-6-5-7-19-18(13-10-16)15(3)21-22-20(19)17-11-8-14(2)9-12-17/h8-9,11-12,16H,4-7,10,13H2,1-3H3. The van der Waals surface area contributed by atoms with Crippen LogP contribution in [0, 0.1) is 19.8 Å². The van der Waals surface area contributed by atoms with Gasteiger partial charge in [0, 0.05) is 5.56 Å². The number of rotatable bonds is 2. The molecule has 1 aliphatic rings. The molecule has 0 N–H and O–H groups in total. The van der Waals surface area contributed by atoms with E-state index in [1.807, 2.05) is 0 Å². The number of aryl methyl sites for hydroxylation is 2. The van der Waals surface area contributed by atoms with Gasteiger partial charge >= 0.3 is 0 Å². The van der Waals surface area contributed by atoms with Crippen LogP contribution < -0.4 is 0 Å². The third kappa shape index (κ3) is 3.06. The Labute approximate surface area is 134 Å². The Morgan fingerprint density at radius 1 is 0.955 bits per heavy atom. The fourth-order valence-electron chi connectivity index (χ4n) is 3.62. The molecule has 0 radical (unpaired) electrons. The van der Waals surface area contributed by atoms with Crippen LogP contribution in [0.2, 0.25) is 0 Å². The molecule has 1 atom stereocenters. The van der Waals surface area contributed by atoms with Crippen molar-refractivity contribution in [2.45, 2.75) is 59.3 Å². The first-order valence-corrected chi connectivity index (χ1v) is 8.61. The van der Waals surface area contributed by atoms with E-state index in [-0.39, 0.29) is 0 Å². The molecule has 1 aromatic heterocycles. The molecule has 1 unspecified atom stereocenters. The van der Waals surface area contributed by atoms with Crippen LogP contribution in [0.3, 0.4) is 0 Å². The Kier molecular flexibility index (Phi) is 4.56. The normalized spacial score (nSPS) is 18.4. The first-order valence-electron chi connectivity index (χ1n) is 8.61. The first kappa shape index (κ1) is 15.2. The lowest BCUT2D eigenvalue weighted by atomic mass is 9.84. The summed E-state index contributed by atoms with van der Waals surface area (Å²) in [7, 11) is 0. The van der Waals surface area contributed by atoms with E-state index in [9.17, 15) is 0 Å². The summed E-state index contributed by atoms with van der Waals surface area (Å²) in [4.78, 5) is 0. The van der Waals surface area contributed by atoms with E-state index in [0.29, 0.717) is 0 Å². The van der Waals surface area contributed by atoms with Crippen LogP contribution in [0.5, 0.6) is 0 Å². The molecule has 1 heterocycles. The maximum atomic E-state index is 4.55. The molecule has 3 rings (SSSR count). The molecular formula is C20H26N2. The van der Waals surface area contributed by atoms with E-state index in [2.05, 4.69) is 55.2 Å². The molecule has 1 aromatic carbocycles. The fourth-order valence-corrected chi connectivity index (χ4v) is 3.62. The van der Waals surface area contributed by atoms with Crippen LogP contribution in [-0.2, 0) is 12.8 Å². The molecule has 22 heavy (non-hydrogen) atoms. The van der Waals surface area contributed by atoms with Gasteiger partial charge in [0.25, 0.3) is 0 Å². The van der Waals surface area contributed by atoms with Gasteiger partial charge in [-0.05, 0) is 56.6 Å². The predicted octanol–water partition coefficient (Wildman–Crippen LogP) is 5.06. The van der Waals surface area contributed by atoms with E-state index >= 15 is 0 Å². The molecular weight excluding hydrogens is 268 g/mol. The first-order chi connectivity index (χ1) is 10.7. The Morgan fingerprint density at radius 3 is 2.45 bits per heavy atom. The minimum absolute atomic E-state index is 0.878. The summed E-state index contributed by atoms with van der Waals surface area (Å²) >= 11 is 0. The highest BCUT2D eigenvalue weighted by Crippen LogP contribution is 2.32. The third-order valence-corrected chi connectivity index (χ3v) is 5.13. The second-order valence-corrected chi connectivity index (χ2v) is 6.66. The van der Waals surface area contributed by atoms with Crippen LogP contribution >= 0.6 is 0 Å². The van der Waals surface area contributed by atoms with Crippen molar-refractivity contribution >= 4 is 0 Å². The monoisotopic (exact) mass is 294 g/mol. The number of hydrogen-bond acceptors (Lipinski definition) is 2. The molecule has 0 saturated heterocycles.